The lowest BCUT2D eigenvalue weighted by Gasteiger charge is -2.29. The highest BCUT2D eigenvalue weighted by atomic mass is 16.5. The first-order chi connectivity index (χ1) is 13.1. The number of carbonyl (C=O) groups excluding carboxylic acids is 2. The molecule has 1 N–H and O–H groups in total. The fourth-order valence-electron chi connectivity index (χ4n) is 3.83. The Morgan fingerprint density at radius 2 is 1.93 bits per heavy atom. The number of anilines is 1. The average molecular weight is 373 g/mol. The minimum atomic E-state index is -0.0780. The van der Waals surface area contributed by atoms with Crippen molar-refractivity contribution in [3.8, 4) is 0 Å². The molecule has 3 rings (SSSR count). The average Bonchev–Trinajstić information content (AvgIpc) is 3.22. The van der Waals surface area contributed by atoms with E-state index in [2.05, 4.69) is 5.32 Å². The van der Waals surface area contributed by atoms with Crippen LogP contribution in [0.1, 0.15) is 48.5 Å². The summed E-state index contributed by atoms with van der Waals surface area (Å²) in [6.45, 7) is 8.63. The van der Waals surface area contributed by atoms with Gasteiger partial charge in [0.2, 0.25) is 0 Å². The number of rotatable bonds is 5. The molecule has 0 aliphatic carbocycles. The second kappa shape index (κ2) is 9.22. The SMILES string of the molecule is CCN(CC1CCOCC1)C(=O)Nc1ccc(C(=O)N2CCCC2)cc1C. The van der Waals surface area contributed by atoms with Crippen LogP contribution in [0.5, 0.6) is 0 Å². The summed E-state index contributed by atoms with van der Waals surface area (Å²) >= 11 is 0. The topological polar surface area (TPSA) is 61.9 Å². The summed E-state index contributed by atoms with van der Waals surface area (Å²) in [6, 6.07) is 5.47. The first-order valence-electron chi connectivity index (χ1n) is 10.1. The van der Waals surface area contributed by atoms with Crippen molar-refractivity contribution >= 4 is 17.6 Å². The van der Waals surface area contributed by atoms with Gasteiger partial charge in [0.15, 0.2) is 0 Å². The highest BCUT2D eigenvalue weighted by Gasteiger charge is 2.22. The number of likely N-dealkylation sites (tertiary alicyclic amines) is 1. The summed E-state index contributed by atoms with van der Waals surface area (Å²) in [5, 5.41) is 3.02. The lowest BCUT2D eigenvalue weighted by Crippen LogP contribution is -2.39. The van der Waals surface area contributed by atoms with E-state index in [0.29, 0.717) is 18.0 Å². The molecule has 2 saturated heterocycles. The first-order valence-corrected chi connectivity index (χ1v) is 10.1. The Morgan fingerprint density at radius 1 is 1.22 bits per heavy atom. The molecule has 3 amide bonds. The van der Waals surface area contributed by atoms with Crippen LogP contribution < -0.4 is 5.32 Å². The largest absolute Gasteiger partial charge is 0.381 e. The van der Waals surface area contributed by atoms with Gasteiger partial charge in [0.1, 0.15) is 0 Å². The van der Waals surface area contributed by atoms with Gasteiger partial charge in [-0.1, -0.05) is 0 Å². The molecule has 0 bridgehead atoms. The Balaban J connectivity index is 1.61. The Bertz CT molecular complexity index is 665. The number of ether oxygens (including phenoxy) is 1. The molecule has 2 fully saturated rings. The normalized spacial score (nSPS) is 17.8. The van der Waals surface area contributed by atoms with E-state index in [1.165, 1.54) is 0 Å². The van der Waals surface area contributed by atoms with E-state index in [9.17, 15) is 9.59 Å². The number of aryl methyl sites for hydroxylation is 1. The smallest absolute Gasteiger partial charge is 0.321 e. The van der Waals surface area contributed by atoms with Crippen LogP contribution in [0.25, 0.3) is 0 Å². The third-order valence-corrected chi connectivity index (χ3v) is 5.60. The number of urea groups is 1. The summed E-state index contributed by atoms with van der Waals surface area (Å²) in [5.41, 5.74) is 2.38. The molecular weight excluding hydrogens is 342 g/mol. The van der Waals surface area contributed by atoms with Crippen LogP contribution in [0.4, 0.5) is 10.5 Å². The molecular formula is C21H31N3O3. The van der Waals surface area contributed by atoms with Crippen LogP contribution in [0.2, 0.25) is 0 Å². The van der Waals surface area contributed by atoms with Gasteiger partial charge in [-0.15, -0.1) is 0 Å². The fourth-order valence-corrected chi connectivity index (χ4v) is 3.83. The quantitative estimate of drug-likeness (QED) is 0.859. The molecule has 0 radical (unpaired) electrons. The van der Waals surface area contributed by atoms with Gasteiger partial charge < -0.3 is 19.9 Å². The molecule has 0 atom stereocenters. The molecule has 0 spiro atoms. The second-order valence-electron chi connectivity index (χ2n) is 7.55. The maximum atomic E-state index is 12.7. The van der Waals surface area contributed by atoms with Crippen LogP contribution >= 0.6 is 0 Å². The molecule has 27 heavy (non-hydrogen) atoms. The van der Waals surface area contributed by atoms with E-state index in [-0.39, 0.29) is 11.9 Å². The van der Waals surface area contributed by atoms with Crippen molar-refractivity contribution < 1.29 is 14.3 Å². The van der Waals surface area contributed by atoms with Crippen LogP contribution in [-0.4, -0.2) is 61.1 Å². The number of nitrogens with zero attached hydrogens (tertiary/aromatic N) is 2. The van der Waals surface area contributed by atoms with Gasteiger partial charge in [-0.05, 0) is 69.2 Å². The molecule has 2 heterocycles. The number of amides is 3. The molecule has 2 aliphatic heterocycles. The lowest BCUT2D eigenvalue weighted by atomic mass is 10.00. The Labute approximate surface area is 161 Å². The van der Waals surface area contributed by atoms with E-state index in [1.807, 2.05) is 41.8 Å². The van der Waals surface area contributed by atoms with Crippen LogP contribution in [0, 0.1) is 12.8 Å². The van der Waals surface area contributed by atoms with Crippen molar-refractivity contribution in [2.45, 2.75) is 39.5 Å². The molecule has 148 valence electrons. The summed E-state index contributed by atoms with van der Waals surface area (Å²) in [5.74, 6) is 0.592. The molecule has 2 aliphatic rings. The number of carbonyl (C=O) groups is 2. The Morgan fingerprint density at radius 3 is 2.56 bits per heavy atom. The van der Waals surface area contributed by atoms with E-state index in [4.69, 9.17) is 4.74 Å². The van der Waals surface area contributed by atoms with Crippen molar-refractivity contribution in [3.05, 3.63) is 29.3 Å². The van der Waals surface area contributed by atoms with Crippen molar-refractivity contribution in [1.82, 2.24) is 9.80 Å². The maximum absolute atomic E-state index is 12.7. The van der Waals surface area contributed by atoms with Gasteiger partial charge in [0, 0.05) is 50.6 Å². The number of hydrogen-bond acceptors (Lipinski definition) is 3. The molecule has 0 unspecified atom stereocenters. The molecule has 6 heteroatoms. The summed E-state index contributed by atoms with van der Waals surface area (Å²) in [7, 11) is 0. The van der Waals surface area contributed by atoms with E-state index >= 15 is 0 Å². The van der Waals surface area contributed by atoms with Gasteiger partial charge in [0.25, 0.3) is 5.91 Å². The fraction of sp³-hybridized carbons (Fsp3) is 0.619. The van der Waals surface area contributed by atoms with Gasteiger partial charge >= 0.3 is 6.03 Å². The zero-order chi connectivity index (χ0) is 19.2. The highest BCUT2D eigenvalue weighted by Crippen LogP contribution is 2.21. The van der Waals surface area contributed by atoms with Gasteiger partial charge in [0.05, 0.1) is 0 Å². The summed E-state index contributed by atoms with van der Waals surface area (Å²) in [6.07, 6.45) is 4.18. The Hall–Kier alpha value is -2.08. The number of hydrogen-bond donors (Lipinski definition) is 1. The summed E-state index contributed by atoms with van der Waals surface area (Å²) < 4.78 is 5.40. The van der Waals surface area contributed by atoms with Gasteiger partial charge in [-0.25, -0.2) is 4.79 Å². The lowest BCUT2D eigenvalue weighted by molar-refractivity contribution is 0.0576. The number of nitrogens with one attached hydrogen (secondary N) is 1. The zero-order valence-corrected chi connectivity index (χ0v) is 16.5. The van der Waals surface area contributed by atoms with Crippen LogP contribution in [-0.2, 0) is 4.74 Å². The third kappa shape index (κ3) is 5.01. The molecule has 6 nitrogen and oxygen atoms in total. The molecule has 1 aromatic carbocycles. The zero-order valence-electron chi connectivity index (χ0n) is 16.5. The third-order valence-electron chi connectivity index (χ3n) is 5.60. The predicted molar refractivity (Wildman–Crippen MR) is 106 cm³/mol. The van der Waals surface area contributed by atoms with Gasteiger partial charge in [-0.2, -0.15) is 0 Å². The monoisotopic (exact) mass is 373 g/mol. The van der Waals surface area contributed by atoms with Crippen LogP contribution in [0.3, 0.4) is 0 Å². The molecule has 0 saturated carbocycles. The molecule has 1 aromatic rings. The predicted octanol–water partition coefficient (Wildman–Crippen LogP) is 3.51. The maximum Gasteiger partial charge on any atom is 0.321 e. The number of benzene rings is 1. The minimum Gasteiger partial charge on any atom is -0.381 e. The molecule has 0 aromatic heterocycles. The van der Waals surface area contributed by atoms with Gasteiger partial charge in [-0.3, -0.25) is 4.79 Å². The van der Waals surface area contributed by atoms with Crippen molar-refractivity contribution in [2.24, 2.45) is 5.92 Å². The van der Waals surface area contributed by atoms with Crippen molar-refractivity contribution in [3.63, 3.8) is 0 Å². The standard InChI is InChI=1S/C21H31N3O3/c1-3-23(15-17-8-12-27-13-9-17)21(26)22-19-7-6-18(14-16(19)2)20(25)24-10-4-5-11-24/h6-7,14,17H,3-5,8-13,15H2,1-2H3,(H,22,26). The highest BCUT2D eigenvalue weighted by molar-refractivity contribution is 5.96. The van der Waals surface area contributed by atoms with Crippen LogP contribution in [0.15, 0.2) is 18.2 Å². The second-order valence-corrected chi connectivity index (χ2v) is 7.55. The van der Waals surface area contributed by atoms with E-state index < -0.39 is 0 Å². The minimum absolute atomic E-state index is 0.0780. The van der Waals surface area contributed by atoms with E-state index in [0.717, 1.165) is 69.8 Å². The van der Waals surface area contributed by atoms with E-state index in [1.54, 1.807) is 0 Å². The Kier molecular flexibility index (Phi) is 6.72. The van der Waals surface area contributed by atoms with Crippen molar-refractivity contribution in [1.29, 1.82) is 0 Å². The summed E-state index contributed by atoms with van der Waals surface area (Å²) in [4.78, 5) is 29.0. The first kappa shape index (κ1) is 19.7. The van der Waals surface area contributed by atoms with Crippen molar-refractivity contribution in [2.75, 3.05) is 44.7 Å².